The van der Waals surface area contributed by atoms with Gasteiger partial charge in [0.15, 0.2) is 0 Å². The molecule has 0 radical (unpaired) electrons. The molecule has 2 aromatic rings. The minimum Gasteiger partial charge on any atom is -0.497 e. The van der Waals surface area contributed by atoms with Gasteiger partial charge in [0.25, 0.3) is 0 Å². The van der Waals surface area contributed by atoms with Crippen LogP contribution in [-0.4, -0.2) is 40.9 Å². The molecule has 7 heteroatoms. The van der Waals surface area contributed by atoms with Crippen molar-refractivity contribution in [2.45, 2.75) is 18.5 Å². The summed E-state index contributed by atoms with van der Waals surface area (Å²) in [7, 11) is 1.63. The van der Waals surface area contributed by atoms with E-state index in [4.69, 9.17) is 9.47 Å². The number of hydrogen-bond donors (Lipinski definition) is 0. The Morgan fingerprint density at radius 2 is 2.05 bits per heavy atom. The summed E-state index contributed by atoms with van der Waals surface area (Å²) in [6, 6.07) is 7.68. The summed E-state index contributed by atoms with van der Waals surface area (Å²) in [6.07, 6.45) is 1.88. The Hall–Kier alpha value is -2.02. The number of carbonyl (C=O) groups excluding carboxylic acids is 1. The molecule has 0 spiro atoms. The van der Waals surface area contributed by atoms with Crippen LogP contribution in [0.1, 0.15) is 23.0 Å². The lowest BCUT2D eigenvalue weighted by Crippen LogP contribution is -2.08. The molecule has 0 saturated carbocycles. The van der Waals surface area contributed by atoms with Crippen molar-refractivity contribution in [2.24, 2.45) is 0 Å². The highest BCUT2D eigenvalue weighted by atomic mass is 32.2. The number of carbonyl (C=O) groups is 1. The van der Waals surface area contributed by atoms with E-state index < -0.39 is 5.97 Å². The molecule has 0 N–H and O–H groups in total. The molecule has 0 fully saturated rings. The number of hydrogen-bond acceptors (Lipinski definition) is 6. The topological polar surface area (TPSA) is 66.2 Å². The van der Waals surface area contributed by atoms with Crippen LogP contribution in [0, 0.1) is 0 Å². The molecule has 0 bridgehead atoms. The first-order valence-electron chi connectivity index (χ1n) is 6.47. The molecule has 0 saturated heterocycles. The molecule has 0 atom stereocenters. The molecule has 0 unspecified atom stereocenters. The van der Waals surface area contributed by atoms with Gasteiger partial charge in [0.05, 0.1) is 20.3 Å². The second-order valence-corrected chi connectivity index (χ2v) is 4.97. The lowest BCUT2D eigenvalue weighted by Gasteiger charge is -2.06. The Labute approximate surface area is 127 Å². The van der Waals surface area contributed by atoms with Crippen molar-refractivity contribution in [3.63, 3.8) is 0 Å². The van der Waals surface area contributed by atoms with Crippen LogP contribution in [0.15, 0.2) is 29.3 Å². The lowest BCUT2D eigenvalue weighted by atomic mass is 10.2. The predicted molar refractivity (Wildman–Crippen MR) is 79.9 cm³/mol. The number of thioether (sulfide) groups is 1. The number of ether oxygens (including phenoxy) is 2. The van der Waals surface area contributed by atoms with Gasteiger partial charge in [-0.3, -0.25) is 0 Å². The third kappa shape index (κ3) is 3.55. The zero-order valence-electron chi connectivity index (χ0n) is 12.2. The highest BCUT2D eigenvalue weighted by Crippen LogP contribution is 2.21. The number of esters is 1. The van der Waals surface area contributed by atoms with Gasteiger partial charge < -0.3 is 9.47 Å². The first-order valence-corrected chi connectivity index (χ1v) is 7.69. The molecule has 2 rings (SSSR count). The summed E-state index contributed by atoms with van der Waals surface area (Å²) in [4.78, 5) is 11.8. The Bertz CT molecular complexity index is 610. The maximum atomic E-state index is 11.8. The Balaban J connectivity index is 2.21. The first-order chi connectivity index (χ1) is 10.2. The van der Waals surface area contributed by atoms with Crippen LogP contribution in [0.25, 0.3) is 0 Å². The number of rotatable bonds is 6. The van der Waals surface area contributed by atoms with Crippen molar-refractivity contribution in [2.75, 3.05) is 20.0 Å². The second-order valence-electron chi connectivity index (χ2n) is 4.17. The van der Waals surface area contributed by atoms with E-state index in [-0.39, 0.29) is 5.69 Å². The summed E-state index contributed by atoms with van der Waals surface area (Å²) in [5.74, 6) is 0.359. The van der Waals surface area contributed by atoms with Crippen molar-refractivity contribution in [1.82, 2.24) is 15.0 Å². The van der Waals surface area contributed by atoms with Crippen LogP contribution in [0.5, 0.6) is 5.75 Å². The van der Waals surface area contributed by atoms with E-state index in [2.05, 4.69) is 10.3 Å². The van der Waals surface area contributed by atoms with Crippen molar-refractivity contribution >= 4 is 17.7 Å². The van der Waals surface area contributed by atoms with Crippen LogP contribution in [0.4, 0.5) is 0 Å². The Morgan fingerprint density at radius 1 is 1.33 bits per heavy atom. The average molecular weight is 307 g/mol. The summed E-state index contributed by atoms with van der Waals surface area (Å²) in [6.45, 7) is 2.61. The molecular formula is C14H17N3O3S. The van der Waals surface area contributed by atoms with Crippen LogP contribution < -0.4 is 4.74 Å². The number of methoxy groups -OCH3 is 1. The Kier molecular flexibility index (Phi) is 5.21. The number of benzene rings is 1. The first kappa shape index (κ1) is 15.4. The zero-order valence-corrected chi connectivity index (χ0v) is 13.0. The molecule has 0 amide bonds. The van der Waals surface area contributed by atoms with Gasteiger partial charge in [-0.05, 0) is 30.9 Å². The molecule has 1 aromatic carbocycles. The minimum absolute atomic E-state index is 0.262. The highest BCUT2D eigenvalue weighted by Gasteiger charge is 2.20. The lowest BCUT2D eigenvalue weighted by molar-refractivity contribution is 0.0515. The van der Waals surface area contributed by atoms with Gasteiger partial charge in [0.1, 0.15) is 10.8 Å². The van der Waals surface area contributed by atoms with E-state index >= 15 is 0 Å². The maximum absolute atomic E-state index is 11.8. The van der Waals surface area contributed by atoms with Gasteiger partial charge >= 0.3 is 5.97 Å². The molecular weight excluding hydrogens is 290 g/mol. The van der Waals surface area contributed by atoms with Gasteiger partial charge in [-0.15, -0.1) is 16.9 Å². The third-order valence-electron chi connectivity index (χ3n) is 2.84. The van der Waals surface area contributed by atoms with Crippen LogP contribution >= 0.6 is 11.8 Å². The summed E-state index contributed by atoms with van der Waals surface area (Å²) < 4.78 is 11.8. The molecule has 6 nitrogen and oxygen atoms in total. The van der Waals surface area contributed by atoms with E-state index in [1.807, 2.05) is 30.5 Å². The second kappa shape index (κ2) is 7.12. The largest absolute Gasteiger partial charge is 0.497 e. The fourth-order valence-corrected chi connectivity index (χ4v) is 2.47. The highest BCUT2D eigenvalue weighted by molar-refractivity contribution is 7.98. The zero-order chi connectivity index (χ0) is 15.2. The Morgan fingerprint density at radius 3 is 2.62 bits per heavy atom. The van der Waals surface area contributed by atoms with Crippen molar-refractivity contribution < 1.29 is 14.3 Å². The number of nitrogens with zero attached hydrogens (tertiary/aromatic N) is 3. The van der Waals surface area contributed by atoms with E-state index in [1.54, 1.807) is 18.7 Å². The van der Waals surface area contributed by atoms with Crippen molar-refractivity contribution in [3.05, 3.63) is 35.5 Å². The SMILES string of the molecule is CCOC(=O)c1nnn(Cc2ccc(OC)cc2)c1SC. The van der Waals surface area contributed by atoms with Gasteiger partial charge in [0, 0.05) is 0 Å². The van der Waals surface area contributed by atoms with Crippen LogP contribution in [-0.2, 0) is 11.3 Å². The van der Waals surface area contributed by atoms with E-state index in [0.29, 0.717) is 18.2 Å². The fourth-order valence-electron chi connectivity index (χ4n) is 1.84. The average Bonchev–Trinajstić information content (AvgIpc) is 2.91. The van der Waals surface area contributed by atoms with Gasteiger partial charge in [-0.25, -0.2) is 9.48 Å². The summed E-state index contributed by atoms with van der Waals surface area (Å²) in [5.41, 5.74) is 1.31. The van der Waals surface area contributed by atoms with Crippen molar-refractivity contribution in [1.29, 1.82) is 0 Å². The minimum atomic E-state index is -0.442. The smallest absolute Gasteiger partial charge is 0.361 e. The van der Waals surface area contributed by atoms with E-state index in [0.717, 1.165) is 11.3 Å². The van der Waals surface area contributed by atoms with Crippen molar-refractivity contribution in [3.8, 4) is 5.75 Å². The molecule has 1 aromatic heterocycles. The molecule has 112 valence electrons. The predicted octanol–water partition coefficient (Wildman–Crippen LogP) is 2.23. The maximum Gasteiger partial charge on any atom is 0.361 e. The number of aromatic nitrogens is 3. The standard InChI is InChI=1S/C14H17N3O3S/c1-4-20-14(18)12-13(21-3)17(16-15-12)9-10-5-7-11(19-2)8-6-10/h5-8H,4,9H2,1-3H3. The van der Waals surface area contributed by atoms with Gasteiger partial charge in [-0.2, -0.15) is 0 Å². The monoisotopic (exact) mass is 307 g/mol. The fraction of sp³-hybridized carbons (Fsp3) is 0.357. The van der Waals surface area contributed by atoms with Crippen LogP contribution in [0.3, 0.4) is 0 Å². The van der Waals surface area contributed by atoms with E-state index in [9.17, 15) is 4.79 Å². The van der Waals surface area contributed by atoms with Crippen LogP contribution in [0.2, 0.25) is 0 Å². The summed E-state index contributed by atoms with van der Waals surface area (Å²) in [5, 5.41) is 8.67. The molecule has 0 aliphatic heterocycles. The molecule has 0 aliphatic carbocycles. The van der Waals surface area contributed by atoms with E-state index in [1.165, 1.54) is 11.8 Å². The third-order valence-corrected chi connectivity index (χ3v) is 3.63. The summed E-state index contributed by atoms with van der Waals surface area (Å²) >= 11 is 1.42. The molecule has 1 heterocycles. The normalized spacial score (nSPS) is 10.4. The van der Waals surface area contributed by atoms with Gasteiger partial charge in [0.2, 0.25) is 5.69 Å². The van der Waals surface area contributed by atoms with Gasteiger partial charge in [-0.1, -0.05) is 17.3 Å². The molecule has 0 aliphatic rings. The molecule has 21 heavy (non-hydrogen) atoms. The quantitative estimate of drug-likeness (QED) is 0.602.